The molecular formula is C17H17NO2. The highest BCUT2D eigenvalue weighted by atomic mass is 16.6. The summed E-state index contributed by atoms with van der Waals surface area (Å²) in [7, 11) is 0. The molecule has 0 N–H and O–H groups in total. The molecular weight excluding hydrogens is 250 g/mol. The number of cyclic esters (lactones) is 1. The van der Waals surface area contributed by atoms with Crippen molar-refractivity contribution < 1.29 is 9.53 Å². The van der Waals surface area contributed by atoms with Gasteiger partial charge in [0.15, 0.2) is 0 Å². The lowest BCUT2D eigenvalue weighted by Crippen LogP contribution is -2.31. The standard InChI is InChI=1S/C17H17NO2/c1-13-16(15-10-6-3-7-11-15)20-17(19)18(13)12-14-8-4-2-5-9-14/h2-11,13,16H,12H2,1H3/t13-,16+/m0/s1. The molecule has 1 amide bonds. The minimum atomic E-state index is -0.241. The predicted molar refractivity (Wildman–Crippen MR) is 77.1 cm³/mol. The number of hydrogen-bond acceptors (Lipinski definition) is 2. The molecule has 3 nitrogen and oxygen atoms in total. The molecule has 3 rings (SSSR count). The Labute approximate surface area is 118 Å². The number of carbonyl (C=O) groups excluding carboxylic acids is 1. The molecule has 1 aliphatic heterocycles. The molecule has 0 aliphatic carbocycles. The van der Waals surface area contributed by atoms with Gasteiger partial charge in [0.05, 0.1) is 6.04 Å². The van der Waals surface area contributed by atoms with Gasteiger partial charge in [0.25, 0.3) is 0 Å². The van der Waals surface area contributed by atoms with Crippen molar-refractivity contribution in [2.45, 2.75) is 25.6 Å². The van der Waals surface area contributed by atoms with Crippen molar-refractivity contribution in [3.05, 3.63) is 71.8 Å². The molecule has 0 spiro atoms. The lowest BCUT2D eigenvalue weighted by atomic mass is 10.0. The Kier molecular flexibility index (Phi) is 3.42. The first kappa shape index (κ1) is 12.7. The van der Waals surface area contributed by atoms with Crippen molar-refractivity contribution in [2.24, 2.45) is 0 Å². The Morgan fingerprint density at radius 2 is 1.60 bits per heavy atom. The van der Waals surface area contributed by atoms with Gasteiger partial charge in [-0.1, -0.05) is 60.7 Å². The van der Waals surface area contributed by atoms with Crippen LogP contribution in [0.5, 0.6) is 0 Å². The van der Waals surface area contributed by atoms with Gasteiger partial charge in [0.2, 0.25) is 0 Å². The summed E-state index contributed by atoms with van der Waals surface area (Å²) in [6, 6.07) is 19.9. The van der Waals surface area contributed by atoms with E-state index in [0.29, 0.717) is 6.54 Å². The zero-order valence-corrected chi connectivity index (χ0v) is 11.4. The van der Waals surface area contributed by atoms with E-state index in [0.717, 1.165) is 11.1 Å². The molecule has 1 heterocycles. The third kappa shape index (κ3) is 2.39. The molecule has 3 heteroatoms. The van der Waals surface area contributed by atoms with Gasteiger partial charge < -0.3 is 4.74 Å². The highest BCUT2D eigenvalue weighted by Gasteiger charge is 2.39. The van der Waals surface area contributed by atoms with E-state index in [1.54, 1.807) is 4.90 Å². The van der Waals surface area contributed by atoms with Crippen molar-refractivity contribution in [3.63, 3.8) is 0 Å². The first-order valence-corrected chi connectivity index (χ1v) is 6.82. The number of rotatable bonds is 3. The van der Waals surface area contributed by atoms with Crippen LogP contribution >= 0.6 is 0 Å². The molecule has 0 unspecified atom stereocenters. The van der Waals surface area contributed by atoms with Crippen molar-refractivity contribution >= 4 is 6.09 Å². The number of ether oxygens (including phenoxy) is 1. The van der Waals surface area contributed by atoms with Gasteiger partial charge in [0, 0.05) is 6.54 Å². The number of amides is 1. The summed E-state index contributed by atoms with van der Waals surface area (Å²) in [5, 5.41) is 0. The van der Waals surface area contributed by atoms with Crippen molar-refractivity contribution in [1.29, 1.82) is 0 Å². The van der Waals surface area contributed by atoms with E-state index in [1.807, 2.05) is 67.6 Å². The van der Waals surface area contributed by atoms with Crippen LogP contribution in [0.2, 0.25) is 0 Å². The van der Waals surface area contributed by atoms with Crippen LogP contribution in [0.3, 0.4) is 0 Å². The van der Waals surface area contributed by atoms with Gasteiger partial charge in [-0.2, -0.15) is 0 Å². The molecule has 2 aromatic rings. The second-order valence-electron chi connectivity index (χ2n) is 5.07. The number of nitrogens with zero attached hydrogens (tertiary/aromatic N) is 1. The Bertz CT molecular complexity index is 582. The third-order valence-corrected chi connectivity index (χ3v) is 3.72. The van der Waals surface area contributed by atoms with Crippen LogP contribution in [0, 0.1) is 0 Å². The minimum absolute atomic E-state index is 0.0325. The molecule has 0 aromatic heterocycles. The van der Waals surface area contributed by atoms with E-state index in [-0.39, 0.29) is 18.2 Å². The van der Waals surface area contributed by atoms with Crippen LogP contribution in [0.15, 0.2) is 60.7 Å². The third-order valence-electron chi connectivity index (χ3n) is 3.72. The monoisotopic (exact) mass is 267 g/mol. The topological polar surface area (TPSA) is 29.5 Å². The molecule has 102 valence electrons. The van der Waals surface area contributed by atoms with Crippen LogP contribution in [-0.4, -0.2) is 17.0 Å². The molecule has 1 fully saturated rings. The van der Waals surface area contributed by atoms with Gasteiger partial charge in [-0.15, -0.1) is 0 Å². The van der Waals surface area contributed by atoms with Crippen LogP contribution in [0.1, 0.15) is 24.2 Å². The Morgan fingerprint density at radius 1 is 1.00 bits per heavy atom. The Hall–Kier alpha value is -2.29. The fourth-order valence-corrected chi connectivity index (χ4v) is 2.58. The lowest BCUT2D eigenvalue weighted by molar-refractivity contribution is 0.130. The molecule has 0 bridgehead atoms. The van der Waals surface area contributed by atoms with Gasteiger partial charge in [-0.25, -0.2) is 4.79 Å². The quantitative estimate of drug-likeness (QED) is 0.847. The van der Waals surface area contributed by atoms with E-state index >= 15 is 0 Å². The number of benzene rings is 2. The molecule has 0 radical (unpaired) electrons. The molecule has 1 saturated heterocycles. The largest absolute Gasteiger partial charge is 0.439 e. The average Bonchev–Trinajstić information content (AvgIpc) is 2.77. The van der Waals surface area contributed by atoms with E-state index in [1.165, 1.54) is 0 Å². The second-order valence-corrected chi connectivity index (χ2v) is 5.07. The highest BCUT2D eigenvalue weighted by Crippen LogP contribution is 2.33. The maximum atomic E-state index is 12.1. The highest BCUT2D eigenvalue weighted by molar-refractivity contribution is 5.71. The second kappa shape index (κ2) is 5.37. The molecule has 1 aliphatic rings. The first-order chi connectivity index (χ1) is 9.75. The Balaban J connectivity index is 1.79. The van der Waals surface area contributed by atoms with E-state index in [4.69, 9.17) is 4.74 Å². The summed E-state index contributed by atoms with van der Waals surface area (Å²) in [6.45, 7) is 2.62. The molecule has 20 heavy (non-hydrogen) atoms. The minimum Gasteiger partial charge on any atom is -0.439 e. The van der Waals surface area contributed by atoms with Crippen LogP contribution in [-0.2, 0) is 11.3 Å². The van der Waals surface area contributed by atoms with Gasteiger partial charge >= 0.3 is 6.09 Å². The van der Waals surface area contributed by atoms with E-state index in [2.05, 4.69) is 0 Å². The molecule has 2 atom stereocenters. The first-order valence-electron chi connectivity index (χ1n) is 6.82. The smallest absolute Gasteiger partial charge is 0.411 e. The average molecular weight is 267 g/mol. The van der Waals surface area contributed by atoms with Gasteiger partial charge in [-0.05, 0) is 18.1 Å². The van der Waals surface area contributed by atoms with Crippen LogP contribution < -0.4 is 0 Å². The molecule has 2 aromatic carbocycles. The summed E-state index contributed by atoms with van der Waals surface area (Å²) >= 11 is 0. The fourth-order valence-electron chi connectivity index (χ4n) is 2.58. The fraction of sp³-hybridized carbons (Fsp3) is 0.235. The van der Waals surface area contributed by atoms with Crippen molar-refractivity contribution in [2.75, 3.05) is 0 Å². The van der Waals surface area contributed by atoms with Gasteiger partial charge in [0.1, 0.15) is 6.10 Å². The SMILES string of the molecule is C[C@H]1[C@H](c2ccccc2)OC(=O)N1Cc1ccccc1. The zero-order chi connectivity index (χ0) is 13.9. The van der Waals surface area contributed by atoms with Crippen molar-refractivity contribution in [3.8, 4) is 0 Å². The maximum Gasteiger partial charge on any atom is 0.411 e. The summed E-state index contributed by atoms with van der Waals surface area (Å²) in [6.07, 6.45) is -0.428. The normalized spacial score (nSPS) is 21.9. The van der Waals surface area contributed by atoms with E-state index in [9.17, 15) is 4.79 Å². The predicted octanol–water partition coefficient (Wildman–Crippen LogP) is 3.77. The molecule has 0 saturated carbocycles. The number of carbonyl (C=O) groups is 1. The number of hydrogen-bond donors (Lipinski definition) is 0. The summed E-state index contributed by atoms with van der Waals surface area (Å²) < 4.78 is 5.53. The summed E-state index contributed by atoms with van der Waals surface area (Å²) in [5.74, 6) is 0. The lowest BCUT2D eigenvalue weighted by Gasteiger charge is -2.21. The van der Waals surface area contributed by atoms with E-state index < -0.39 is 0 Å². The van der Waals surface area contributed by atoms with Crippen molar-refractivity contribution in [1.82, 2.24) is 4.90 Å². The van der Waals surface area contributed by atoms with Gasteiger partial charge in [-0.3, -0.25) is 4.90 Å². The van der Waals surface area contributed by atoms with Crippen LogP contribution in [0.25, 0.3) is 0 Å². The zero-order valence-electron chi connectivity index (χ0n) is 11.4. The summed E-state index contributed by atoms with van der Waals surface area (Å²) in [5.41, 5.74) is 2.16. The Morgan fingerprint density at radius 3 is 2.25 bits per heavy atom. The summed E-state index contributed by atoms with van der Waals surface area (Å²) in [4.78, 5) is 13.9. The maximum absolute atomic E-state index is 12.1. The van der Waals surface area contributed by atoms with Crippen LogP contribution in [0.4, 0.5) is 4.79 Å².